The molecule has 3 heteroatoms. The molecule has 1 aromatic carbocycles. The lowest BCUT2D eigenvalue weighted by Gasteiger charge is -2.39. The van der Waals surface area contributed by atoms with Crippen molar-refractivity contribution in [3.63, 3.8) is 0 Å². The first-order chi connectivity index (χ1) is 9.17. The van der Waals surface area contributed by atoms with Gasteiger partial charge in [-0.2, -0.15) is 0 Å². The second-order valence-electron chi connectivity index (χ2n) is 5.53. The van der Waals surface area contributed by atoms with Gasteiger partial charge in [-0.15, -0.1) is 0 Å². The molecular formula is C16H25NO2. The fourth-order valence-corrected chi connectivity index (χ4v) is 2.97. The largest absolute Gasteiger partial charge is 0.496 e. The van der Waals surface area contributed by atoms with Crippen molar-refractivity contribution in [3.05, 3.63) is 29.8 Å². The third-order valence-electron chi connectivity index (χ3n) is 3.84. The maximum Gasteiger partial charge on any atom is 0.122 e. The number of hydrogen-bond donors (Lipinski definition) is 1. The smallest absolute Gasteiger partial charge is 0.122 e. The van der Waals surface area contributed by atoms with Crippen LogP contribution in [0.3, 0.4) is 0 Å². The van der Waals surface area contributed by atoms with E-state index in [0.29, 0.717) is 6.04 Å². The summed E-state index contributed by atoms with van der Waals surface area (Å²) in [6.45, 7) is 6.23. The predicted octanol–water partition coefficient (Wildman–Crippen LogP) is 2.78. The molecule has 0 radical (unpaired) electrons. The summed E-state index contributed by atoms with van der Waals surface area (Å²) in [4.78, 5) is 0. The standard InChI is InChI=1S/C16H25NO2/c1-4-17-14-9-10-19-16(2,12-14)11-13-7-5-6-8-15(13)18-3/h5-8,14,17H,4,9-12H2,1-3H3. The highest BCUT2D eigenvalue weighted by atomic mass is 16.5. The summed E-state index contributed by atoms with van der Waals surface area (Å²) >= 11 is 0. The molecule has 0 bridgehead atoms. The molecule has 1 aliphatic rings. The van der Waals surface area contributed by atoms with E-state index in [4.69, 9.17) is 9.47 Å². The molecular weight excluding hydrogens is 238 g/mol. The quantitative estimate of drug-likeness (QED) is 0.886. The molecule has 1 N–H and O–H groups in total. The molecule has 1 heterocycles. The Bertz CT molecular complexity index is 405. The van der Waals surface area contributed by atoms with Crippen LogP contribution in [0.1, 0.15) is 32.3 Å². The minimum absolute atomic E-state index is 0.0975. The minimum atomic E-state index is -0.0975. The van der Waals surface area contributed by atoms with Crippen molar-refractivity contribution in [2.24, 2.45) is 0 Å². The van der Waals surface area contributed by atoms with E-state index in [9.17, 15) is 0 Å². The van der Waals surface area contributed by atoms with Gasteiger partial charge in [0, 0.05) is 19.1 Å². The molecule has 3 nitrogen and oxygen atoms in total. The number of nitrogens with one attached hydrogen (secondary N) is 1. The van der Waals surface area contributed by atoms with Gasteiger partial charge < -0.3 is 14.8 Å². The van der Waals surface area contributed by atoms with Crippen LogP contribution >= 0.6 is 0 Å². The zero-order chi connectivity index (χ0) is 13.7. The van der Waals surface area contributed by atoms with E-state index in [1.54, 1.807) is 7.11 Å². The van der Waals surface area contributed by atoms with Crippen molar-refractivity contribution in [1.82, 2.24) is 5.32 Å². The van der Waals surface area contributed by atoms with Crippen LogP contribution < -0.4 is 10.1 Å². The van der Waals surface area contributed by atoms with E-state index in [1.807, 2.05) is 12.1 Å². The third-order valence-corrected chi connectivity index (χ3v) is 3.84. The van der Waals surface area contributed by atoms with Gasteiger partial charge in [-0.05, 0) is 37.9 Å². The van der Waals surface area contributed by atoms with Crippen molar-refractivity contribution in [2.45, 2.75) is 44.8 Å². The first kappa shape index (κ1) is 14.4. The van der Waals surface area contributed by atoms with Crippen LogP contribution in [-0.2, 0) is 11.2 Å². The van der Waals surface area contributed by atoms with E-state index in [1.165, 1.54) is 5.56 Å². The predicted molar refractivity (Wildman–Crippen MR) is 77.8 cm³/mol. The van der Waals surface area contributed by atoms with Gasteiger partial charge in [0.05, 0.1) is 12.7 Å². The van der Waals surface area contributed by atoms with Gasteiger partial charge in [-0.1, -0.05) is 25.1 Å². The molecule has 106 valence electrons. The first-order valence-corrected chi connectivity index (χ1v) is 7.16. The Kier molecular flexibility index (Phi) is 4.83. The fraction of sp³-hybridized carbons (Fsp3) is 0.625. The average molecular weight is 263 g/mol. The lowest BCUT2D eigenvalue weighted by atomic mass is 9.86. The second kappa shape index (κ2) is 6.40. The minimum Gasteiger partial charge on any atom is -0.496 e. The number of benzene rings is 1. The van der Waals surface area contributed by atoms with Gasteiger partial charge >= 0.3 is 0 Å². The molecule has 1 fully saturated rings. The summed E-state index contributed by atoms with van der Waals surface area (Å²) < 4.78 is 11.5. The lowest BCUT2D eigenvalue weighted by Crippen LogP contribution is -2.46. The average Bonchev–Trinajstić information content (AvgIpc) is 2.39. The Morgan fingerprint density at radius 3 is 2.95 bits per heavy atom. The lowest BCUT2D eigenvalue weighted by molar-refractivity contribution is -0.0753. The van der Waals surface area contributed by atoms with Gasteiger partial charge in [0.25, 0.3) is 0 Å². The highest BCUT2D eigenvalue weighted by Crippen LogP contribution is 2.31. The van der Waals surface area contributed by atoms with Crippen molar-refractivity contribution in [1.29, 1.82) is 0 Å². The van der Waals surface area contributed by atoms with Crippen LogP contribution in [0, 0.1) is 0 Å². The summed E-state index contributed by atoms with van der Waals surface area (Å²) in [6.07, 6.45) is 3.06. The van der Waals surface area contributed by atoms with E-state index < -0.39 is 0 Å². The third kappa shape index (κ3) is 3.71. The normalized spacial score (nSPS) is 27.2. The molecule has 0 saturated carbocycles. The molecule has 2 atom stereocenters. The maximum absolute atomic E-state index is 6.05. The fourth-order valence-electron chi connectivity index (χ4n) is 2.97. The summed E-state index contributed by atoms with van der Waals surface area (Å²) in [5.41, 5.74) is 1.13. The molecule has 0 amide bonds. The van der Waals surface area contributed by atoms with E-state index in [0.717, 1.165) is 38.2 Å². The first-order valence-electron chi connectivity index (χ1n) is 7.16. The number of rotatable bonds is 5. The van der Waals surface area contributed by atoms with Crippen LogP contribution in [-0.4, -0.2) is 31.9 Å². The van der Waals surface area contributed by atoms with Crippen molar-refractivity contribution in [2.75, 3.05) is 20.3 Å². The van der Waals surface area contributed by atoms with Crippen LogP contribution in [0.2, 0.25) is 0 Å². The zero-order valence-corrected chi connectivity index (χ0v) is 12.2. The molecule has 0 aliphatic carbocycles. The molecule has 0 spiro atoms. The molecule has 0 aromatic heterocycles. The summed E-state index contributed by atoms with van der Waals surface area (Å²) in [7, 11) is 1.73. The molecule has 2 unspecified atom stereocenters. The Morgan fingerprint density at radius 2 is 2.21 bits per heavy atom. The number of para-hydroxylation sites is 1. The van der Waals surface area contributed by atoms with Crippen molar-refractivity contribution < 1.29 is 9.47 Å². The highest BCUT2D eigenvalue weighted by Gasteiger charge is 2.33. The van der Waals surface area contributed by atoms with Crippen LogP contribution in [0.5, 0.6) is 5.75 Å². The SMILES string of the molecule is CCNC1CCOC(C)(Cc2ccccc2OC)C1. The van der Waals surface area contributed by atoms with Crippen LogP contribution in [0.25, 0.3) is 0 Å². The van der Waals surface area contributed by atoms with Gasteiger partial charge in [0.1, 0.15) is 5.75 Å². The summed E-state index contributed by atoms with van der Waals surface area (Å²) in [5, 5.41) is 3.54. The number of hydrogen-bond acceptors (Lipinski definition) is 3. The Balaban J connectivity index is 2.07. The van der Waals surface area contributed by atoms with E-state index in [-0.39, 0.29) is 5.60 Å². The van der Waals surface area contributed by atoms with E-state index in [2.05, 4.69) is 31.3 Å². The van der Waals surface area contributed by atoms with Gasteiger partial charge in [-0.25, -0.2) is 0 Å². The maximum atomic E-state index is 6.05. The van der Waals surface area contributed by atoms with E-state index >= 15 is 0 Å². The molecule has 1 saturated heterocycles. The highest BCUT2D eigenvalue weighted by molar-refractivity contribution is 5.34. The van der Waals surface area contributed by atoms with Crippen LogP contribution in [0.4, 0.5) is 0 Å². The van der Waals surface area contributed by atoms with Gasteiger partial charge in [-0.3, -0.25) is 0 Å². The Morgan fingerprint density at radius 1 is 1.42 bits per heavy atom. The molecule has 1 aliphatic heterocycles. The molecule has 2 rings (SSSR count). The van der Waals surface area contributed by atoms with Crippen LogP contribution in [0.15, 0.2) is 24.3 Å². The Labute approximate surface area is 116 Å². The number of methoxy groups -OCH3 is 1. The monoisotopic (exact) mass is 263 g/mol. The topological polar surface area (TPSA) is 30.5 Å². The summed E-state index contributed by atoms with van der Waals surface area (Å²) in [5.74, 6) is 0.956. The van der Waals surface area contributed by atoms with Crippen molar-refractivity contribution in [3.8, 4) is 5.75 Å². The molecule has 19 heavy (non-hydrogen) atoms. The van der Waals surface area contributed by atoms with Gasteiger partial charge in [0.2, 0.25) is 0 Å². The van der Waals surface area contributed by atoms with Crippen molar-refractivity contribution >= 4 is 0 Å². The van der Waals surface area contributed by atoms with Gasteiger partial charge in [0.15, 0.2) is 0 Å². The number of ether oxygens (including phenoxy) is 2. The Hall–Kier alpha value is -1.06. The zero-order valence-electron chi connectivity index (χ0n) is 12.2. The second-order valence-corrected chi connectivity index (χ2v) is 5.53. The molecule has 1 aromatic rings. The summed E-state index contributed by atoms with van der Waals surface area (Å²) in [6, 6.07) is 8.78.